The van der Waals surface area contributed by atoms with E-state index in [-0.39, 0.29) is 12.3 Å². The number of benzene rings is 2. The van der Waals surface area contributed by atoms with Gasteiger partial charge in [0.15, 0.2) is 5.58 Å². The molecular weight excluding hydrogens is 399 g/mol. The molecule has 4 rings (SSSR count). The molecule has 1 amide bonds. The third kappa shape index (κ3) is 4.40. The van der Waals surface area contributed by atoms with E-state index in [1.165, 1.54) is 12.1 Å². The Morgan fingerprint density at radius 2 is 1.93 bits per heavy atom. The molecule has 156 valence electrons. The lowest BCUT2D eigenvalue weighted by Crippen LogP contribution is -2.29. The minimum absolute atomic E-state index is 0.193. The van der Waals surface area contributed by atoms with Crippen molar-refractivity contribution >= 4 is 28.4 Å². The van der Waals surface area contributed by atoms with Gasteiger partial charge in [0.05, 0.1) is 11.1 Å². The molecule has 0 unspecified atom stereocenters. The van der Waals surface area contributed by atoms with Crippen LogP contribution in [0.3, 0.4) is 0 Å². The Kier molecular flexibility index (Phi) is 5.11. The second kappa shape index (κ2) is 7.74. The van der Waals surface area contributed by atoms with Crippen molar-refractivity contribution in [3.05, 3.63) is 70.2 Å². The monoisotopic (exact) mass is 417 g/mol. The molecule has 2 N–H and O–H groups in total. The van der Waals surface area contributed by atoms with Crippen LogP contribution in [0.4, 0.5) is 24.5 Å². The van der Waals surface area contributed by atoms with Gasteiger partial charge in [0, 0.05) is 37.0 Å². The van der Waals surface area contributed by atoms with E-state index in [0.29, 0.717) is 42.0 Å². The van der Waals surface area contributed by atoms with Crippen molar-refractivity contribution in [3.63, 3.8) is 0 Å². The van der Waals surface area contributed by atoms with E-state index in [4.69, 9.17) is 4.42 Å². The average Bonchev–Trinajstić information content (AvgIpc) is 3.07. The molecule has 9 heteroatoms. The summed E-state index contributed by atoms with van der Waals surface area (Å²) in [4.78, 5) is 28.0. The van der Waals surface area contributed by atoms with Gasteiger partial charge in [-0.3, -0.25) is 9.78 Å². The molecule has 0 saturated carbocycles. The van der Waals surface area contributed by atoms with Crippen LogP contribution in [0.5, 0.6) is 0 Å². The third-order valence-electron chi connectivity index (χ3n) is 4.96. The quantitative estimate of drug-likeness (QED) is 0.621. The number of hydrogen-bond donors (Lipinski definition) is 2. The number of aromatic nitrogens is 1. The highest BCUT2D eigenvalue weighted by molar-refractivity contribution is 5.94. The molecule has 0 atom stereocenters. The number of H-pyrrole nitrogens is 1. The van der Waals surface area contributed by atoms with E-state index in [0.717, 1.165) is 17.7 Å². The van der Waals surface area contributed by atoms with E-state index in [9.17, 15) is 22.8 Å². The van der Waals surface area contributed by atoms with Gasteiger partial charge in [0.1, 0.15) is 0 Å². The molecule has 3 aromatic rings. The van der Waals surface area contributed by atoms with E-state index in [1.807, 2.05) is 11.0 Å². The smallest absolute Gasteiger partial charge is 0.408 e. The summed E-state index contributed by atoms with van der Waals surface area (Å²) in [5.74, 6) is -0.750. The Balaban J connectivity index is 1.35. The number of amides is 1. The first-order valence-corrected chi connectivity index (χ1v) is 9.31. The fraction of sp³-hybridized carbons (Fsp3) is 0.238. The first-order chi connectivity index (χ1) is 14.3. The number of anilines is 2. The van der Waals surface area contributed by atoms with Crippen molar-refractivity contribution in [2.45, 2.75) is 19.0 Å². The number of fused-ring (bicyclic) bond motifs is 1. The molecule has 1 aliphatic rings. The van der Waals surface area contributed by atoms with Gasteiger partial charge >= 0.3 is 11.9 Å². The fourth-order valence-electron chi connectivity index (χ4n) is 3.40. The van der Waals surface area contributed by atoms with Gasteiger partial charge in [0.25, 0.3) is 0 Å². The van der Waals surface area contributed by atoms with Crippen molar-refractivity contribution in [1.82, 2.24) is 4.98 Å². The second-order valence-corrected chi connectivity index (χ2v) is 7.05. The zero-order chi connectivity index (χ0) is 21.3. The van der Waals surface area contributed by atoms with Gasteiger partial charge in [-0.25, -0.2) is 4.79 Å². The summed E-state index contributed by atoms with van der Waals surface area (Å²) in [6.45, 7) is 1.14. The molecule has 0 saturated heterocycles. The fourth-order valence-corrected chi connectivity index (χ4v) is 3.40. The average molecular weight is 417 g/mol. The standard InChI is InChI=1S/C21H18F3N3O3/c22-21(23,24)14-1-4-16(5-2-14)27-9-7-13(8-10-27)11-19(28)25-15-3-6-17-18(12-15)30-20(29)26-17/h1-7,12H,8-11H2,(H,25,28)(H,26,29). The van der Waals surface area contributed by atoms with Gasteiger partial charge in [-0.2, -0.15) is 13.2 Å². The minimum Gasteiger partial charge on any atom is -0.408 e. The van der Waals surface area contributed by atoms with Crippen LogP contribution < -0.4 is 16.0 Å². The molecule has 0 bridgehead atoms. The van der Waals surface area contributed by atoms with Crippen LogP contribution in [0.25, 0.3) is 11.1 Å². The number of oxazole rings is 1. The van der Waals surface area contributed by atoms with E-state index >= 15 is 0 Å². The molecule has 1 aliphatic heterocycles. The maximum atomic E-state index is 12.7. The third-order valence-corrected chi connectivity index (χ3v) is 4.96. The molecule has 0 fully saturated rings. The van der Waals surface area contributed by atoms with Crippen molar-refractivity contribution in [3.8, 4) is 0 Å². The Morgan fingerprint density at radius 1 is 1.17 bits per heavy atom. The zero-order valence-electron chi connectivity index (χ0n) is 15.8. The van der Waals surface area contributed by atoms with Crippen LogP contribution in [0, 0.1) is 0 Å². The van der Waals surface area contributed by atoms with E-state index in [2.05, 4.69) is 10.3 Å². The topological polar surface area (TPSA) is 78.3 Å². The van der Waals surface area contributed by atoms with Crippen molar-refractivity contribution in [2.75, 3.05) is 23.3 Å². The SMILES string of the molecule is O=C(CC1=CCN(c2ccc(C(F)(F)F)cc2)CC1)Nc1ccc2[nH]c(=O)oc2c1. The lowest BCUT2D eigenvalue weighted by atomic mass is 10.0. The molecule has 0 aliphatic carbocycles. The molecule has 30 heavy (non-hydrogen) atoms. The number of carbonyl (C=O) groups is 1. The largest absolute Gasteiger partial charge is 0.417 e. The number of nitrogens with one attached hydrogen (secondary N) is 2. The Bertz CT molecular complexity index is 1160. The van der Waals surface area contributed by atoms with Crippen LogP contribution in [0.1, 0.15) is 18.4 Å². The maximum Gasteiger partial charge on any atom is 0.417 e. The van der Waals surface area contributed by atoms with Crippen LogP contribution in [0.2, 0.25) is 0 Å². The molecule has 2 heterocycles. The van der Waals surface area contributed by atoms with Gasteiger partial charge < -0.3 is 14.6 Å². The molecule has 0 spiro atoms. The van der Waals surface area contributed by atoms with Crippen LogP contribution in [-0.2, 0) is 11.0 Å². The van der Waals surface area contributed by atoms with Crippen molar-refractivity contribution in [2.24, 2.45) is 0 Å². The van der Waals surface area contributed by atoms with Crippen molar-refractivity contribution < 1.29 is 22.4 Å². The summed E-state index contributed by atoms with van der Waals surface area (Å²) >= 11 is 0. The summed E-state index contributed by atoms with van der Waals surface area (Å²) in [5, 5.41) is 2.78. The lowest BCUT2D eigenvalue weighted by molar-refractivity contribution is -0.137. The summed E-state index contributed by atoms with van der Waals surface area (Å²) < 4.78 is 43.0. The number of carbonyl (C=O) groups excluding carboxylic acids is 1. The number of aromatic amines is 1. The van der Waals surface area contributed by atoms with Crippen LogP contribution in [-0.4, -0.2) is 24.0 Å². The normalized spacial score (nSPS) is 14.6. The summed E-state index contributed by atoms with van der Waals surface area (Å²) in [7, 11) is 0. The number of halogens is 3. The summed E-state index contributed by atoms with van der Waals surface area (Å²) in [6, 6.07) is 9.97. The highest BCUT2D eigenvalue weighted by Crippen LogP contribution is 2.31. The second-order valence-electron chi connectivity index (χ2n) is 7.05. The minimum atomic E-state index is -4.35. The summed E-state index contributed by atoms with van der Waals surface area (Å²) in [6.07, 6.45) is -1.57. The zero-order valence-corrected chi connectivity index (χ0v) is 15.8. The Hall–Kier alpha value is -3.49. The number of alkyl halides is 3. The Labute approximate surface area is 169 Å². The number of hydrogen-bond acceptors (Lipinski definition) is 4. The predicted molar refractivity (Wildman–Crippen MR) is 106 cm³/mol. The predicted octanol–water partition coefficient (Wildman–Crippen LogP) is 4.31. The molecule has 2 aromatic carbocycles. The molecule has 0 radical (unpaired) electrons. The van der Waals surface area contributed by atoms with Gasteiger partial charge in [-0.05, 0) is 42.8 Å². The van der Waals surface area contributed by atoms with E-state index in [1.54, 1.807) is 18.2 Å². The van der Waals surface area contributed by atoms with Crippen molar-refractivity contribution in [1.29, 1.82) is 0 Å². The molecule has 1 aromatic heterocycles. The van der Waals surface area contributed by atoms with E-state index < -0.39 is 17.5 Å². The Morgan fingerprint density at radius 3 is 2.60 bits per heavy atom. The highest BCUT2D eigenvalue weighted by Gasteiger charge is 2.30. The van der Waals surface area contributed by atoms with Gasteiger partial charge in [0.2, 0.25) is 5.91 Å². The first-order valence-electron chi connectivity index (χ1n) is 9.31. The van der Waals surface area contributed by atoms with Crippen LogP contribution >= 0.6 is 0 Å². The lowest BCUT2D eigenvalue weighted by Gasteiger charge is -2.28. The highest BCUT2D eigenvalue weighted by atomic mass is 19.4. The van der Waals surface area contributed by atoms with Crippen LogP contribution in [0.15, 0.2) is 63.3 Å². The van der Waals surface area contributed by atoms with Gasteiger partial charge in [-0.1, -0.05) is 11.6 Å². The maximum absolute atomic E-state index is 12.7. The first kappa shape index (κ1) is 19.8. The number of nitrogens with zero attached hydrogens (tertiary/aromatic N) is 1. The van der Waals surface area contributed by atoms with Gasteiger partial charge in [-0.15, -0.1) is 0 Å². The molecular formula is C21H18F3N3O3. The summed E-state index contributed by atoms with van der Waals surface area (Å²) in [5.41, 5.74) is 2.44. The number of rotatable bonds is 4. The molecule has 6 nitrogen and oxygen atoms in total.